The topological polar surface area (TPSA) is 64.4 Å². The summed E-state index contributed by atoms with van der Waals surface area (Å²) in [6.45, 7) is 4.48. The Hall–Kier alpha value is -1.43. The minimum absolute atomic E-state index is 0.00114. The molecule has 1 aromatic carbocycles. The standard InChI is InChI=1S/C14H20N2O3S/c1-14(2)6-7-20-9-13(14)15-10-4-5-12(19-3)11(8-10)16(17)18/h4-5,8,13,15H,6-7,9H2,1-3H3. The van der Waals surface area contributed by atoms with Crippen molar-refractivity contribution in [1.82, 2.24) is 0 Å². The first-order valence-electron chi connectivity index (χ1n) is 6.61. The van der Waals surface area contributed by atoms with Gasteiger partial charge in [-0.3, -0.25) is 10.1 Å². The molecule has 1 unspecified atom stereocenters. The van der Waals surface area contributed by atoms with Crippen LogP contribution in [0.1, 0.15) is 20.3 Å². The number of nitrogens with zero attached hydrogens (tertiary/aromatic N) is 1. The van der Waals surface area contributed by atoms with E-state index in [9.17, 15) is 10.1 Å². The van der Waals surface area contributed by atoms with Gasteiger partial charge in [0.1, 0.15) is 0 Å². The van der Waals surface area contributed by atoms with Crippen LogP contribution in [0, 0.1) is 15.5 Å². The fourth-order valence-corrected chi connectivity index (χ4v) is 3.90. The molecule has 1 heterocycles. The molecule has 0 saturated carbocycles. The van der Waals surface area contributed by atoms with E-state index in [1.165, 1.54) is 12.9 Å². The van der Waals surface area contributed by atoms with Crippen LogP contribution in [0.25, 0.3) is 0 Å². The summed E-state index contributed by atoms with van der Waals surface area (Å²) in [6, 6.07) is 5.34. The number of rotatable bonds is 4. The van der Waals surface area contributed by atoms with Gasteiger partial charge in [0.05, 0.1) is 12.0 Å². The second-order valence-corrected chi connectivity index (χ2v) is 6.80. The van der Waals surface area contributed by atoms with Gasteiger partial charge in [-0.25, -0.2) is 0 Å². The quantitative estimate of drug-likeness (QED) is 0.680. The Balaban J connectivity index is 2.21. The summed E-state index contributed by atoms with van der Waals surface area (Å²) in [7, 11) is 1.44. The third-order valence-corrected chi connectivity index (χ3v) is 4.90. The smallest absolute Gasteiger partial charge is 0.312 e. The van der Waals surface area contributed by atoms with Gasteiger partial charge in [0.15, 0.2) is 5.75 Å². The molecule has 0 bridgehead atoms. The second kappa shape index (κ2) is 5.91. The van der Waals surface area contributed by atoms with E-state index in [1.807, 2.05) is 17.8 Å². The number of methoxy groups -OCH3 is 1. The first-order valence-corrected chi connectivity index (χ1v) is 7.76. The Morgan fingerprint density at radius 1 is 1.50 bits per heavy atom. The lowest BCUT2D eigenvalue weighted by molar-refractivity contribution is -0.385. The largest absolute Gasteiger partial charge is 0.490 e. The predicted molar refractivity (Wildman–Crippen MR) is 82.8 cm³/mol. The number of thioether (sulfide) groups is 1. The summed E-state index contributed by atoms with van der Waals surface area (Å²) in [4.78, 5) is 10.6. The molecule has 0 amide bonds. The molecule has 0 aromatic heterocycles. The van der Waals surface area contributed by atoms with Gasteiger partial charge in [0.25, 0.3) is 0 Å². The SMILES string of the molecule is COc1ccc(NC2CSCCC2(C)C)cc1[N+](=O)[O-]. The monoisotopic (exact) mass is 296 g/mol. The summed E-state index contributed by atoms with van der Waals surface area (Å²) in [6.07, 6.45) is 1.15. The van der Waals surface area contributed by atoms with Crippen LogP contribution in [0.5, 0.6) is 5.75 Å². The molecule has 110 valence electrons. The molecule has 5 nitrogen and oxygen atoms in total. The minimum Gasteiger partial charge on any atom is -0.490 e. The van der Waals surface area contributed by atoms with Crippen LogP contribution < -0.4 is 10.1 Å². The summed E-state index contributed by atoms with van der Waals surface area (Å²) >= 11 is 1.92. The van der Waals surface area contributed by atoms with Crippen molar-refractivity contribution >= 4 is 23.1 Å². The molecular weight excluding hydrogens is 276 g/mol. The average molecular weight is 296 g/mol. The highest BCUT2D eigenvalue weighted by Crippen LogP contribution is 2.37. The number of nitro groups is 1. The van der Waals surface area contributed by atoms with Crippen LogP contribution >= 0.6 is 11.8 Å². The van der Waals surface area contributed by atoms with E-state index in [2.05, 4.69) is 19.2 Å². The van der Waals surface area contributed by atoms with E-state index in [0.29, 0.717) is 6.04 Å². The Bertz CT molecular complexity index is 505. The van der Waals surface area contributed by atoms with Crippen LogP contribution in [-0.4, -0.2) is 29.6 Å². The second-order valence-electron chi connectivity index (χ2n) is 5.65. The molecule has 2 rings (SSSR count). The van der Waals surface area contributed by atoms with Gasteiger partial charge in [0.2, 0.25) is 0 Å². The number of nitro benzene ring substituents is 1. The van der Waals surface area contributed by atoms with Crippen LogP contribution in [0.3, 0.4) is 0 Å². The maximum atomic E-state index is 11.0. The molecule has 20 heavy (non-hydrogen) atoms. The van der Waals surface area contributed by atoms with Crippen LogP contribution in [0.4, 0.5) is 11.4 Å². The van der Waals surface area contributed by atoms with Crippen molar-refractivity contribution in [3.8, 4) is 5.75 Å². The van der Waals surface area contributed by atoms with Crippen LogP contribution in [0.15, 0.2) is 18.2 Å². The van der Waals surface area contributed by atoms with Crippen LogP contribution in [0.2, 0.25) is 0 Å². The van der Waals surface area contributed by atoms with E-state index in [1.54, 1.807) is 12.1 Å². The normalized spacial score (nSPS) is 21.2. The lowest BCUT2D eigenvalue weighted by Gasteiger charge is -2.39. The highest BCUT2D eigenvalue weighted by molar-refractivity contribution is 7.99. The summed E-state index contributed by atoms with van der Waals surface area (Å²) in [5.41, 5.74) is 0.969. The van der Waals surface area contributed by atoms with Crippen molar-refractivity contribution in [3.63, 3.8) is 0 Å². The fraction of sp³-hybridized carbons (Fsp3) is 0.571. The van der Waals surface area contributed by atoms with E-state index in [-0.39, 0.29) is 16.9 Å². The van der Waals surface area contributed by atoms with E-state index in [0.717, 1.165) is 17.9 Å². The fourth-order valence-electron chi connectivity index (χ4n) is 2.30. The predicted octanol–water partition coefficient (Wildman–Crippen LogP) is 3.55. The molecule has 0 aliphatic carbocycles. The Labute approximate surface area is 123 Å². The molecule has 0 spiro atoms. The third kappa shape index (κ3) is 3.17. The van der Waals surface area contributed by atoms with E-state index in [4.69, 9.17) is 4.74 Å². The zero-order valence-electron chi connectivity index (χ0n) is 12.0. The van der Waals surface area contributed by atoms with Gasteiger partial charge in [-0.2, -0.15) is 11.8 Å². The number of anilines is 1. The van der Waals surface area contributed by atoms with Gasteiger partial charge < -0.3 is 10.1 Å². The zero-order valence-corrected chi connectivity index (χ0v) is 12.8. The maximum Gasteiger partial charge on any atom is 0.312 e. The van der Waals surface area contributed by atoms with Crippen molar-refractivity contribution < 1.29 is 9.66 Å². The van der Waals surface area contributed by atoms with Crippen molar-refractivity contribution in [2.75, 3.05) is 23.9 Å². The third-order valence-electron chi connectivity index (χ3n) is 3.84. The van der Waals surface area contributed by atoms with Gasteiger partial charge >= 0.3 is 5.69 Å². The molecule has 1 aliphatic rings. The minimum atomic E-state index is -0.412. The molecule has 1 saturated heterocycles. The Morgan fingerprint density at radius 2 is 2.25 bits per heavy atom. The molecule has 0 radical (unpaired) electrons. The lowest BCUT2D eigenvalue weighted by atomic mass is 9.82. The summed E-state index contributed by atoms with van der Waals surface area (Å²) < 4.78 is 5.02. The van der Waals surface area contributed by atoms with Gasteiger partial charge in [-0.05, 0) is 29.7 Å². The Morgan fingerprint density at radius 3 is 2.85 bits per heavy atom. The number of nitrogens with one attached hydrogen (secondary N) is 1. The molecular formula is C14H20N2O3S. The highest BCUT2D eigenvalue weighted by atomic mass is 32.2. The van der Waals surface area contributed by atoms with E-state index >= 15 is 0 Å². The maximum absolute atomic E-state index is 11.0. The number of hydrogen-bond donors (Lipinski definition) is 1. The summed E-state index contributed by atoms with van der Waals surface area (Å²) in [5, 5.41) is 14.5. The molecule has 1 aliphatic heterocycles. The van der Waals surface area contributed by atoms with Crippen molar-refractivity contribution in [3.05, 3.63) is 28.3 Å². The summed E-state index contributed by atoms with van der Waals surface area (Å²) in [5.74, 6) is 2.48. The average Bonchev–Trinajstić information content (AvgIpc) is 2.41. The van der Waals surface area contributed by atoms with Gasteiger partial charge in [-0.15, -0.1) is 0 Å². The van der Waals surface area contributed by atoms with Crippen LogP contribution in [-0.2, 0) is 0 Å². The van der Waals surface area contributed by atoms with E-state index < -0.39 is 4.92 Å². The molecule has 1 N–H and O–H groups in total. The number of ether oxygens (including phenoxy) is 1. The first kappa shape index (κ1) is 15.0. The zero-order chi connectivity index (χ0) is 14.8. The highest BCUT2D eigenvalue weighted by Gasteiger charge is 2.32. The molecule has 6 heteroatoms. The van der Waals surface area contributed by atoms with Gasteiger partial charge in [0, 0.05) is 23.5 Å². The molecule has 1 atom stereocenters. The number of benzene rings is 1. The van der Waals surface area contributed by atoms with Crippen molar-refractivity contribution in [2.45, 2.75) is 26.3 Å². The van der Waals surface area contributed by atoms with Gasteiger partial charge in [-0.1, -0.05) is 13.8 Å². The van der Waals surface area contributed by atoms with Crippen molar-refractivity contribution in [2.24, 2.45) is 5.41 Å². The molecule has 1 aromatic rings. The Kier molecular flexibility index (Phi) is 4.42. The molecule has 1 fully saturated rings. The first-order chi connectivity index (χ1) is 9.44. The van der Waals surface area contributed by atoms with Crippen molar-refractivity contribution in [1.29, 1.82) is 0 Å². The number of hydrogen-bond acceptors (Lipinski definition) is 5. The lowest BCUT2D eigenvalue weighted by Crippen LogP contribution is -2.41.